The third kappa shape index (κ3) is 4.07. The normalized spacial score (nSPS) is 10.5. The molecular formula is C20H18FN3O. The summed E-state index contributed by atoms with van der Waals surface area (Å²) in [5.74, 6) is -0.432. The summed E-state index contributed by atoms with van der Waals surface area (Å²) in [5.41, 5.74) is 4.88. The molecule has 0 aliphatic heterocycles. The SMILES string of the molecule is Cc1ccc(C(=O)NCc2cc(-c3ccc(F)cc3)ncn2)c(C)c1. The molecule has 126 valence electrons. The molecule has 0 unspecified atom stereocenters. The molecule has 0 saturated heterocycles. The number of hydrogen-bond acceptors (Lipinski definition) is 3. The predicted molar refractivity (Wildman–Crippen MR) is 94.5 cm³/mol. The summed E-state index contributed by atoms with van der Waals surface area (Å²) in [4.78, 5) is 20.7. The summed E-state index contributed by atoms with van der Waals surface area (Å²) >= 11 is 0. The van der Waals surface area contributed by atoms with E-state index in [2.05, 4.69) is 15.3 Å². The minimum atomic E-state index is -0.293. The molecule has 0 bridgehead atoms. The van der Waals surface area contributed by atoms with Crippen LogP contribution in [0.15, 0.2) is 54.9 Å². The lowest BCUT2D eigenvalue weighted by molar-refractivity contribution is 0.0950. The first-order chi connectivity index (χ1) is 12.0. The third-order valence-corrected chi connectivity index (χ3v) is 3.92. The summed E-state index contributed by atoms with van der Waals surface area (Å²) in [6, 6.07) is 13.6. The van der Waals surface area contributed by atoms with Crippen molar-refractivity contribution < 1.29 is 9.18 Å². The van der Waals surface area contributed by atoms with E-state index >= 15 is 0 Å². The van der Waals surface area contributed by atoms with Crippen LogP contribution in [0.1, 0.15) is 27.2 Å². The van der Waals surface area contributed by atoms with E-state index in [1.807, 2.05) is 32.0 Å². The summed E-state index contributed by atoms with van der Waals surface area (Å²) in [6.45, 7) is 4.20. The minimum Gasteiger partial charge on any atom is -0.346 e. The minimum absolute atomic E-state index is 0.139. The van der Waals surface area contributed by atoms with Crippen LogP contribution in [-0.2, 0) is 6.54 Å². The number of carbonyl (C=O) groups excluding carboxylic acids is 1. The van der Waals surface area contributed by atoms with Crippen LogP contribution >= 0.6 is 0 Å². The van der Waals surface area contributed by atoms with Crippen LogP contribution in [0.2, 0.25) is 0 Å². The van der Waals surface area contributed by atoms with Gasteiger partial charge in [-0.05, 0) is 55.8 Å². The molecule has 1 aromatic heterocycles. The third-order valence-electron chi connectivity index (χ3n) is 3.92. The first-order valence-electron chi connectivity index (χ1n) is 7.95. The smallest absolute Gasteiger partial charge is 0.251 e. The lowest BCUT2D eigenvalue weighted by atomic mass is 10.1. The molecule has 0 atom stereocenters. The number of hydrogen-bond donors (Lipinski definition) is 1. The van der Waals surface area contributed by atoms with Crippen molar-refractivity contribution in [3.8, 4) is 11.3 Å². The zero-order valence-electron chi connectivity index (χ0n) is 14.1. The summed E-state index contributed by atoms with van der Waals surface area (Å²) in [6.07, 6.45) is 1.44. The first kappa shape index (κ1) is 16.8. The Bertz CT molecular complexity index is 907. The van der Waals surface area contributed by atoms with E-state index in [4.69, 9.17) is 0 Å². The highest BCUT2D eigenvalue weighted by atomic mass is 19.1. The Labute approximate surface area is 145 Å². The molecular weight excluding hydrogens is 317 g/mol. The number of halogens is 1. The summed E-state index contributed by atoms with van der Waals surface area (Å²) in [5, 5.41) is 2.87. The van der Waals surface area contributed by atoms with Crippen molar-refractivity contribution in [3.63, 3.8) is 0 Å². The van der Waals surface area contributed by atoms with Crippen molar-refractivity contribution in [3.05, 3.63) is 83.1 Å². The van der Waals surface area contributed by atoms with Crippen molar-refractivity contribution in [1.82, 2.24) is 15.3 Å². The van der Waals surface area contributed by atoms with Gasteiger partial charge in [0.25, 0.3) is 5.91 Å². The van der Waals surface area contributed by atoms with Crippen molar-refractivity contribution in [2.75, 3.05) is 0 Å². The molecule has 1 N–H and O–H groups in total. The number of rotatable bonds is 4. The number of carbonyl (C=O) groups is 1. The second-order valence-electron chi connectivity index (χ2n) is 5.90. The second kappa shape index (κ2) is 7.21. The van der Waals surface area contributed by atoms with E-state index in [0.717, 1.165) is 16.7 Å². The van der Waals surface area contributed by atoms with Crippen LogP contribution in [0, 0.1) is 19.7 Å². The quantitative estimate of drug-likeness (QED) is 0.788. The lowest BCUT2D eigenvalue weighted by Crippen LogP contribution is -2.24. The Morgan fingerprint density at radius 1 is 1.04 bits per heavy atom. The van der Waals surface area contributed by atoms with Crippen LogP contribution in [0.3, 0.4) is 0 Å². The molecule has 2 aromatic carbocycles. The molecule has 4 nitrogen and oxygen atoms in total. The van der Waals surface area contributed by atoms with Gasteiger partial charge < -0.3 is 5.32 Å². The molecule has 1 amide bonds. The van der Waals surface area contributed by atoms with Crippen molar-refractivity contribution >= 4 is 5.91 Å². The van der Waals surface area contributed by atoms with Gasteiger partial charge in [0.2, 0.25) is 0 Å². The molecule has 0 fully saturated rings. The van der Waals surface area contributed by atoms with E-state index in [0.29, 0.717) is 23.5 Å². The summed E-state index contributed by atoms with van der Waals surface area (Å²) in [7, 11) is 0. The Balaban J connectivity index is 1.72. The Morgan fingerprint density at radius 2 is 1.80 bits per heavy atom. The highest BCUT2D eigenvalue weighted by Gasteiger charge is 2.09. The van der Waals surface area contributed by atoms with Gasteiger partial charge in [-0.1, -0.05) is 17.7 Å². The monoisotopic (exact) mass is 335 g/mol. The van der Waals surface area contributed by atoms with Crippen LogP contribution in [-0.4, -0.2) is 15.9 Å². The van der Waals surface area contributed by atoms with E-state index in [1.54, 1.807) is 18.2 Å². The molecule has 0 aliphatic carbocycles. The van der Waals surface area contributed by atoms with Crippen molar-refractivity contribution in [2.24, 2.45) is 0 Å². The van der Waals surface area contributed by atoms with Gasteiger partial charge in [0, 0.05) is 11.1 Å². The molecule has 0 radical (unpaired) electrons. The standard InChI is InChI=1S/C20H18FN3O/c1-13-3-8-18(14(2)9-13)20(25)22-11-17-10-19(24-12-23-17)15-4-6-16(21)7-5-15/h3-10,12H,11H2,1-2H3,(H,22,25). The van der Waals surface area contributed by atoms with Crippen LogP contribution in [0.4, 0.5) is 4.39 Å². The van der Waals surface area contributed by atoms with Gasteiger partial charge in [0.1, 0.15) is 12.1 Å². The molecule has 5 heteroatoms. The van der Waals surface area contributed by atoms with E-state index in [9.17, 15) is 9.18 Å². The maximum Gasteiger partial charge on any atom is 0.251 e. The highest BCUT2D eigenvalue weighted by Crippen LogP contribution is 2.17. The zero-order chi connectivity index (χ0) is 17.8. The maximum absolute atomic E-state index is 13.0. The van der Waals surface area contributed by atoms with Gasteiger partial charge in [0.05, 0.1) is 17.9 Å². The van der Waals surface area contributed by atoms with Gasteiger partial charge in [-0.2, -0.15) is 0 Å². The Morgan fingerprint density at radius 3 is 2.52 bits per heavy atom. The van der Waals surface area contributed by atoms with Crippen LogP contribution in [0.5, 0.6) is 0 Å². The van der Waals surface area contributed by atoms with Crippen LogP contribution < -0.4 is 5.32 Å². The fraction of sp³-hybridized carbons (Fsp3) is 0.150. The van der Waals surface area contributed by atoms with E-state index in [1.165, 1.54) is 18.5 Å². The van der Waals surface area contributed by atoms with Crippen molar-refractivity contribution in [2.45, 2.75) is 20.4 Å². The van der Waals surface area contributed by atoms with Gasteiger partial charge >= 0.3 is 0 Å². The number of benzene rings is 2. The fourth-order valence-corrected chi connectivity index (χ4v) is 2.61. The Kier molecular flexibility index (Phi) is 4.84. The average molecular weight is 335 g/mol. The van der Waals surface area contributed by atoms with Crippen molar-refractivity contribution in [1.29, 1.82) is 0 Å². The molecule has 0 aliphatic rings. The topological polar surface area (TPSA) is 54.9 Å². The Hall–Kier alpha value is -3.08. The van der Waals surface area contributed by atoms with E-state index in [-0.39, 0.29) is 11.7 Å². The van der Waals surface area contributed by atoms with Gasteiger partial charge in [-0.3, -0.25) is 4.79 Å². The molecule has 3 aromatic rings. The van der Waals surface area contributed by atoms with Crippen LogP contribution in [0.25, 0.3) is 11.3 Å². The van der Waals surface area contributed by atoms with E-state index < -0.39 is 0 Å². The average Bonchev–Trinajstić information content (AvgIpc) is 2.60. The number of nitrogens with zero attached hydrogens (tertiary/aromatic N) is 2. The van der Waals surface area contributed by atoms with Gasteiger partial charge in [-0.15, -0.1) is 0 Å². The second-order valence-corrected chi connectivity index (χ2v) is 5.90. The summed E-state index contributed by atoms with van der Waals surface area (Å²) < 4.78 is 13.0. The number of aryl methyl sites for hydroxylation is 2. The van der Waals surface area contributed by atoms with Gasteiger partial charge in [0.15, 0.2) is 0 Å². The maximum atomic E-state index is 13.0. The molecule has 0 saturated carbocycles. The molecule has 0 spiro atoms. The molecule has 3 rings (SSSR count). The van der Waals surface area contributed by atoms with Gasteiger partial charge in [-0.25, -0.2) is 14.4 Å². The number of amides is 1. The number of aromatic nitrogens is 2. The highest BCUT2D eigenvalue weighted by molar-refractivity contribution is 5.95. The lowest BCUT2D eigenvalue weighted by Gasteiger charge is -2.09. The first-order valence-corrected chi connectivity index (χ1v) is 7.95. The molecule has 1 heterocycles. The predicted octanol–water partition coefficient (Wildman–Crippen LogP) is 3.83. The zero-order valence-corrected chi connectivity index (χ0v) is 14.1. The number of nitrogens with one attached hydrogen (secondary N) is 1. The molecule has 25 heavy (non-hydrogen) atoms. The largest absolute Gasteiger partial charge is 0.346 e. The fourth-order valence-electron chi connectivity index (χ4n) is 2.61.